The minimum atomic E-state index is 0.367. The second-order valence-electron chi connectivity index (χ2n) is 4.43. The van der Waals surface area contributed by atoms with Crippen molar-refractivity contribution in [3.05, 3.63) is 28.8 Å². The number of rotatable bonds is 3. The second-order valence-corrected chi connectivity index (χ2v) is 4.87. The molecule has 17 heavy (non-hydrogen) atoms. The van der Waals surface area contributed by atoms with E-state index in [-0.39, 0.29) is 0 Å². The molecule has 4 heteroatoms. The molecule has 0 bridgehead atoms. The van der Waals surface area contributed by atoms with E-state index in [1.807, 2.05) is 12.1 Å². The van der Waals surface area contributed by atoms with Gasteiger partial charge < -0.3 is 15.4 Å². The summed E-state index contributed by atoms with van der Waals surface area (Å²) >= 11 is 6.08. The summed E-state index contributed by atoms with van der Waals surface area (Å²) in [7, 11) is 0. The molecule has 0 spiro atoms. The van der Waals surface area contributed by atoms with E-state index >= 15 is 0 Å². The molecule has 0 aliphatic carbocycles. The summed E-state index contributed by atoms with van der Waals surface area (Å²) in [4.78, 5) is 2.37. The van der Waals surface area contributed by atoms with Gasteiger partial charge >= 0.3 is 0 Å². The number of ether oxygens (including phenoxy) is 1. The molecular formula is C13H19ClN2O. The average molecular weight is 255 g/mol. The van der Waals surface area contributed by atoms with Crippen LogP contribution in [0, 0.1) is 6.92 Å². The van der Waals surface area contributed by atoms with Gasteiger partial charge in [0.15, 0.2) is 0 Å². The first-order chi connectivity index (χ1) is 8.22. The highest BCUT2D eigenvalue weighted by Gasteiger charge is 2.23. The van der Waals surface area contributed by atoms with Gasteiger partial charge in [-0.3, -0.25) is 0 Å². The Bertz CT molecular complexity index is 382. The van der Waals surface area contributed by atoms with Crippen LogP contribution in [0.3, 0.4) is 0 Å². The van der Waals surface area contributed by atoms with E-state index in [0.29, 0.717) is 12.6 Å². The number of anilines is 1. The molecule has 1 aliphatic rings. The monoisotopic (exact) mass is 254 g/mol. The molecule has 0 radical (unpaired) electrons. The van der Waals surface area contributed by atoms with Crippen molar-refractivity contribution >= 4 is 17.3 Å². The maximum absolute atomic E-state index is 6.08. The number of nitrogens with two attached hydrogens (primary N) is 1. The van der Waals surface area contributed by atoms with E-state index in [1.165, 1.54) is 11.3 Å². The van der Waals surface area contributed by atoms with Gasteiger partial charge in [0.05, 0.1) is 19.3 Å². The fraction of sp³-hybridized carbons (Fsp3) is 0.538. The van der Waals surface area contributed by atoms with Crippen LogP contribution in [-0.4, -0.2) is 32.3 Å². The van der Waals surface area contributed by atoms with E-state index < -0.39 is 0 Å². The van der Waals surface area contributed by atoms with E-state index in [2.05, 4.69) is 17.9 Å². The molecule has 3 nitrogen and oxygen atoms in total. The lowest BCUT2D eigenvalue weighted by molar-refractivity contribution is 0.0922. The quantitative estimate of drug-likeness (QED) is 0.899. The normalized spacial score (nSPS) is 20.6. The minimum absolute atomic E-state index is 0.367. The van der Waals surface area contributed by atoms with Crippen molar-refractivity contribution in [1.29, 1.82) is 0 Å². The Balaban J connectivity index is 2.25. The van der Waals surface area contributed by atoms with Crippen LogP contribution in [0.2, 0.25) is 5.02 Å². The molecule has 0 aromatic heterocycles. The molecule has 1 saturated heterocycles. The lowest BCUT2D eigenvalue weighted by Gasteiger charge is -2.38. The number of hydrogen-bond donors (Lipinski definition) is 1. The van der Waals surface area contributed by atoms with Crippen LogP contribution >= 0.6 is 11.6 Å². The summed E-state index contributed by atoms with van der Waals surface area (Å²) in [5.41, 5.74) is 8.12. The zero-order valence-electron chi connectivity index (χ0n) is 10.2. The number of benzene rings is 1. The van der Waals surface area contributed by atoms with E-state index in [0.717, 1.165) is 31.2 Å². The van der Waals surface area contributed by atoms with Crippen LogP contribution in [-0.2, 0) is 4.74 Å². The standard InChI is InChI=1S/C13H19ClN2O/c1-10-2-3-11(14)8-13(10)16-6-7-17-9-12(16)4-5-15/h2-3,8,12H,4-7,9,15H2,1H3. The number of aryl methyl sites for hydroxylation is 1. The van der Waals surface area contributed by atoms with Gasteiger partial charge in [-0.05, 0) is 37.6 Å². The molecule has 0 amide bonds. The summed E-state index contributed by atoms with van der Waals surface area (Å²) in [5, 5.41) is 0.781. The zero-order chi connectivity index (χ0) is 12.3. The Labute approximate surface area is 107 Å². The van der Waals surface area contributed by atoms with Crippen molar-refractivity contribution < 1.29 is 4.74 Å². The van der Waals surface area contributed by atoms with Crippen molar-refractivity contribution in [3.63, 3.8) is 0 Å². The zero-order valence-corrected chi connectivity index (χ0v) is 10.9. The van der Waals surface area contributed by atoms with Crippen LogP contribution in [0.4, 0.5) is 5.69 Å². The first-order valence-electron chi connectivity index (χ1n) is 6.03. The van der Waals surface area contributed by atoms with Crippen LogP contribution in [0.25, 0.3) is 0 Å². The summed E-state index contributed by atoms with van der Waals surface area (Å²) in [5.74, 6) is 0. The van der Waals surface area contributed by atoms with E-state index in [9.17, 15) is 0 Å². The van der Waals surface area contributed by atoms with Crippen molar-refractivity contribution in [1.82, 2.24) is 0 Å². The molecule has 1 unspecified atom stereocenters. The highest BCUT2D eigenvalue weighted by Crippen LogP contribution is 2.27. The van der Waals surface area contributed by atoms with Crippen LogP contribution in [0.5, 0.6) is 0 Å². The maximum atomic E-state index is 6.08. The molecule has 1 fully saturated rings. The number of nitrogens with zero attached hydrogens (tertiary/aromatic N) is 1. The van der Waals surface area contributed by atoms with Crippen molar-refractivity contribution in [2.75, 3.05) is 31.2 Å². The van der Waals surface area contributed by atoms with Crippen molar-refractivity contribution in [2.24, 2.45) is 5.73 Å². The third-order valence-corrected chi connectivity index (χ3v) is 3.44. The molecule has 0 saturated carbocycles. The highest BCUT2D eigenvalue weighted by molar-refractivity contribution is 6.30. The Morgan fingerprint density at radius 1 is 1.53 bits per heavy atom. The number of hydrogen-bond acceptors (Lipinski definition) is 3. The van der Waals surface area contributed by atoms with Crippen LogP contribution in [0.1, 0.15) is 12.0 Å². The summed E-state index contributed by atoms with van der Waals surface area (Å²) in [6.45, 7) is 5.23. The first kappa shape index (κ1) is 12.7. The largest absolute Gasteiger partial charge is 0.377 e. The van der Waals surface area contributed by atoms with Crippen LogP contribution < -0.4 is 10.6 Å². The lowest BCUT2D eigenvalue weighted by Crippen LogP contribution is -2.46. The van der Waals surface area contributed by atoms with E-state index in [4.69, 9.17) is 22.1 Å². The Morgan fingerprint density at radius 3 is 3.12 bits per heavy atom. The molecule has 2 N–H and O–H groups in total. The predicted molar refractivity (Wildman–Crippen MR) is 71.8 cm³/mol. The van der Waals surface area contributed by atoms with Gasteiger partial charge in [0, 0.05) is 17.3 Å². The Morgan fingerprint density at radius 2 is 2.35 bits per heavy atom. The highest BCUT2D eigenvalue weighted by atomic mass is 35.5. The summed E-state index contributed by atoms with van der Waals surface area (Å²) < 4.78 is 5.53. The molecule has 1 aliphatic heterocycles. The van der Waals surface area contributed by atoms with Crippen LogP contribution in [0.15, 0.2) is 18.2 Å². The van der Waals surface area contributed by atoms with Gasteiger partial charge in [0.1, 0.15) is 0 Å². The van der Waals surface area contributed by atoms with E-state index in [1.54, 1.807) is 0 Å². The third kappa shape index (κ3) is 2.92. The number of morpholine rings is 1. The van der Waals surface area contributed by atoms with Crippen molar-refractivity contribution in [3.8, 4) is 0 Å². The Kier molecular flexibility index (Phi) is 4.26. The SMILES string of the molecule is Cc1ccc(Cl)cc1N1CCOCC1CCN. The fourth-order valence-corrected chi connectivity index (χ4v) is 2.46. The maximum Gasteiger partial charge on any atom is 0.0671 e. The van der Waals surface area contributed by atoms with Gasteiger partial charge in [0.2, 0.25) is 0 Å². The molecule has 94 valence electrons. The average Bonchev–Trinajstić information content (AvgIpc) is 2.34. The predicted octanol–water partition coefficient (Wildman–Crippen LogP) is 2.20. The van der Waals surface area contributed by atoms with Crippen molar-refractivity contribution in [2.45, 2.75) is 19.4 Å². The van der Waals surface area contributed by atoms with Gasteiger partial charge in [-0.15, -0.1) is 0 Å². The summed E-state index contributed by atoms with van der Waals surface area (Å²) in [6, 6.07) is 6.39. The molecule has 1 atom stereocenters. The second kappa shape index (κ2) is 5.71. The van der Waals surface area contributed by atoms with Gasteiger partial charge in [-0.2, -0.15) is 0 Å². The molecular weight excluding hydrogens is 236 g/mol. The minimum Gasteiger partial charge on any atom is -0.377 e. The molecule has 1 aromatic carbocycles. The summed E-state index contributed by atoms with van der Waals surface area (Å²) in [6.07, 6.45) is 0.950. The van der Waals surface area contributed by atoms with Gasteiger partial charge in [-0.25, -0.2) is 0 Å². The number of halogens is 1. The lowest BCUT2D eigenvalue weighted by atomic mass is 10.1. The van der Waals surface area contributed by atoms with Gasteiger partial charge in [0.25, 0.3) is 0 Å². The molecule has 1 heterocycles. The molecule has 2 rings (SSSR count). The Hall–Kier alpha value is -0.770. The van der Waals surface area contributed by atoms with Gasteiger partial charge in [-0.1, -0.05) is 17.7 Å². The first-order valence-corrected chi connectivity index (χ1v) is 6.41. The topological polar surface area (TPSA) is 38.5 Å². The smallest absolute Gasteiger partial charge is 0.0671 e. The molecule has 1 aromatic rings. The third-order valence-electron chi connectivity index (χ3n) is 3.21. The fourth-order valence-electron chi connectivity index (χ4n) is 2.30.